The molecule has 3 rings (SSSR count). The summed E-state index contributed by atoms with van der Waals surface area (Å²) in [6, 6.07) is 9.44. The molecule has 1 aliphatic carbocycles. The average molecular weight is 298 g/mol. The van der Waals surface area contributed by atoms with Crippen molar-refractivity contribution in [2.24, 2.45) is 5.92 Å². The Balaban J connectivity index is 1.80. The van der Waals surface area contributed by atoms with E-state index < -0.39 is 0 Å². The third-order valence-corrected chi connectivity index (χ3v) is 5.72. The normalized spacial score (nSPS) is 24.8. The van der Waals surface area contributed by atoms with Crippen LogP contribution in [0.2, 0.25) is 4.34 Å². The van der Waals surface area contributed by atoms with E-state index in [4.69, 9.17) is 11.6 Å². The van der Waals surface area contributed by atoms with Crippen molar-refractivity contribution in [2.45, 2.75) is 31.8 Å². The number of hydrogen-bond acceptors (Lipinski definition) is 3. The Morgan fingerprint density at radius 3 is 2.67 bits per heavy atom. The second-order valence-electron chi connectivity index (χ2n) is 5.03. The zero-order chi connectivity index (χ0) is 12.5. The Hall–Kier alpha value is -0.350. The van der Waals surface area contributed by atoms with Gasteiger partial charge in [0, 0.05) is 15.8 Å². The first-order chi connectivity index (χ1) is 8.72. The smallest absolute Gasteiger partial charge is 0.0931 e. The predicted octanol–water partition coefficient (Wildman–Crippen LogP) is 4.94. The van der Waals surface area contributed by atoms with Crippen molar-refractivity contribution in [3.63, 3.8) is 0 Å². The van der Waals surface area contributed by atoms with Crippen LogP contribution in [0, 0.1) is 5.92 Å². The number of halogens is 1. The first kappa shape index (κ1) is 12.7. The first-order valence-electron chi connectivity index (χ1n) is 6.27. The lowest BCUT2D eigenvalue weighted by molar-refractivity contribution is 0.232. The molecule has 0 saturated heterocycles. The van der Waals surface area contributed by atoms with Crippen molar-refractivity contribution in [1.82, 2.24) is 5.32 Å². The van der Waals surface area contributed by atoms with Crippen LogP contribution >= 0.6 is 34.3 Å². The molecule has 0 aliphatic heterocycles. The number of hydrogen-bond donors (Lipinski definition) is 1. The van der Waals surface area contributed by atoms with Crippen molar-refractivity contribution in [3.05, 3.63) is 43.7 Å². The molecule has 2 aromatic heterocycles. The Kier molecular flexibility index (Phi) is 3.76. The minimum atomic E-state index is 0.319. The topological polar surface area (TPSA) is 12.0 Å². The largest absolute Gasteiger partial charge is 0.302 e. The van der Waals surface area contributed by atoms with Crippen LogP contribution in [0.5, 0.6) is 0 Å². The second-order valence-corrected chi connectivity index (χ2v) is 7.76. The zero-order valence-electron chi connectivity index (χ0n) is 10.2. The van der Waals surface area contributed by atoms with Crippen molar-refractivity contribution < 1.29 is 0 Å². The molecule has 1 nitrogen and oxygen atoms in total. The van der Waals surface area contributed by atoms with Gasteiger partial charge in [-0.1, -0.05) is 24.6 Å². The fraction of sp³-hybridized carbons (Fsp3) is 0.429. The summed E-state index contributed by atoms with van der Waals surface area (Å²) >= 11 is 9.56. The molecule has 2 aromatic rings. The quantitative estimate of drug-likeness (QED) is 0.843. The van der Waals surface area contributed by atoms with Gasteiger partial charge in [0.1, 0.15) is 0 Å². The fourth-order valence-corrected chi connectivity index (χ4v) is 4.54. The molecular formula is C14H16ClNS2. The fourth-order valence-electron chi connectivity index (χ4n) is 2.52. The van der Waals surface area contributed by atoms with Gasteiger partial charge in [-0.3, -0.25) is 0 Å². The maximum atomic E-state index is 6.07. The van der Waals surface area contributed by atoms with Crippen molar-refractivity contribution in [3.8, 4) is 0 Å². The second kappa shape index (κ2) is 5.33. The Morgan fingerprint density at radius 1 is 1.28 bits per heavy atom. The number of thiophene rings is 2. The molecule has 1 unspecified atom stereocenters. The van der Waals surface area contributed by atoms with E-state index in [1.54, 1.807) is 11.3 Å². The van der Waals surface area contributed by atoms with E-state index in [0.717, 1.165) is 10.3 Å². The van der Waals surface area contributed by atoms with Gasteiger partial charge in [0.15, 0.2) is 0 Å². The van der Waals surface area contributed by atoms with Gasteiger partial charge in [-0.2, -0.15) is 0 Å². The van der Waals surface area contributed by atoms with Crippen LogP contribution in [0.4, 0.5) is 0 Å². The van der Waals surface area contributed by atoms with Crippen molar-refractivity contribution in [2.75, 3.05) is 0 Å². The molecule has 1 fully saturated rings. The van der Waals surface area contributed by atoms with Crippen LogP contribution in [0.25, 0.3) is 0 Å². The van der Waals surface area contributed by atoms with Gasteiger partial charge in [0.05, 0.1) is 10.4 Å². The monoisotopic (exact) mass is 297 g/mol. The molecule has 1 atom stereocenters. The van der Waals surface area contributed by atoms with E-state index in [0.29, 0.717) is 12.1 Å². The number of nitrogens with one attached hydrogen (secondary N) is 1. The van der Waals surface area contributed by atoms with Crippen LogP contribution < -0.4 is 5.32 Å². The lowest BCUT2D eigenvalue weighted by Gasteiger charge is -2.36. The summed E-state index contributed by atoms with van der Waals surface area (Å²) in [5.41, 5.74) is 0. The van der Waals surface area contributed by atoms with Gasteiger partial charge in [-0.15, -0.1) is 22.7 Å². The van der Waals surface area contributed by atoms with Crippen LogP contribution in [0.1, 0.15) is 35.6 Å². The summed E-state index contributed by atoms with van der Waals surface area (Å²) < 4.78 is 0.871. The maximum Gasteiger partial charge on any atom is 0.0931 e. The van der Waals surface area contributed by atoms with Crippen LogP contribution in [0.3, 0.4) is 0 Å². The molecule has 0 aromatic carbocycles. The molecule has 0 spiro atoms. The van der Waals surface area contributed by atoms with Gasteiger partial charge in [-0.25, -0.2) is 0 Å². The van der Waals surface area contributed by atoms with E-state index >= 15 is 0 Å². The summed E-state index contributed by atoms with van der Waals surface area (Å²) in [5, 5.41) is 5.92. The van der Waals surface area contributed by atoms with E-state index in [2.05, 4.69) is 35.8 Å². The SMILES string of the molecule is CC1CC(NC(c2cccs2)c2ccc(Cl)s2)C1. The summed E-state index contributed by atoms with van der Waals surface area (Å²) in [5.74, 6) is 0.874. The highest BCUT2D eigenvalue weighted by Gasteiger charge is 2.29. The minimum Gasteiger partial charge on any atom is -0.302 e. The lowest BCUT2D eigenvalue weighted by Crippen LogP contribution is -2.42. The van der Waals surface area contributed by atoms with Crippen LogP contribution in [0.15, 0.2) is 29.6 Å². The lowest BCUT2D eigenvalue weighted by atomic mass is 9.81. The molecule has 1 saturated carbocycles. The Labute approximate surface area is 121 Å². The minimum absolute atomic E-state index is 0.319. The molecule has 18 heavy (non-hydrogen) atoms. The third kappa shape index (κ3) is 2.64. The Bertz CT molecular complexity index is 500. The van der Waals surface area contributed by atoms with Crippen LogP contribution in [-0.2, 0) is 0 Å². The van der Waals surface area contributed by atoms with Gasteiger partial charge in [-0.05, 0) is 42.3 Å². The summed E-state index contributed by atoms with van der Waals surface area (Å²) in [4.78, 5) is 2.70. The van der Waals surface area contributed by atoms with Gasteiger partial charge in [0.2, 0.25) is 0 Å². The highest BCUT2D eigenvalue weighted by molar-refractivity contribution is 7.16. The molecule has 1 aliphatic rings. The number of rotatable bonds is 4. The van der Waals surface area contributed by atoms with Gasteiger partial charge in [0.25, 0.3) is 0 Å². The maximum absolute atomic E-state index is 6.07. The first-order valence-corrected chi connectivity index (χ1v) is 8.34. The third-order valence-electron chi connectivity index (χ3n) is 3.48. The summed E-state index contributed by atoms with van der Waals surface area (Å²) in [7, 11) is 0. The summed E-state index contributed by atoms with van der Waals surface area (Å²) in [6.07, 6.45) is 2.59. The van der Waals surface area contributed by atoms with E-state index in [1.807, 2.05) is 17.4 Å². The van der Waals surface area contributed by atoms with Gasteiger partial charge >= 0.3 is 0 Å². The molecule has 96 valence electrons. The Morgan fingerprint density at radius 2 is 2.11 bits per heavy atom. The van der Waals surface area contributed by atoms with Crippen LogP contribution in [-0.4, -0.2) is 6.04 Å². The van der Waals surface area contributed by atoms with E-state index in [1.165, 1.54) is 22.6 Å². The average Bonchev–Trinajstić information content (AvgIpc) is 2.94. The molecule has 4 heteroatoms. The standard InChI is InChI=1S/C14H16ClNS2/c1-9-7-10(8-9)16-14(11-3-2-6-17-11)12-4-5-13(15)18-12/h2-6,9-10,14,16H,7-8H2,1H3. The molecule has 0 amide bonds. The molecule has 1 N–H and O–H groups in total. The van der Waals surface area contributed by atoms with E-state index in [9.17, 15) is 0 Å². The zero-order valence-corrected chi connectivity index (χ0v) is 12.6. The molecule has 0 radical (unpaired) electrons. The van der Waals surface area contributed by atoms with Crippen molar-refractivity contribution in [1.29, 1.82) is 0 Å². The van der Waals surface area contributed by atoms with Crippen molar-refractivity contribution >= 4 is 34.3 Å². The van der Waals surface area contributed by atoms with Gasteiger partial charge < -0.3 is 5.32 Å². The highest BCUT2D eigenvalue weighted by atomic mass is 35.5. The van der Waals surface area contributed by atoms with E-state index in [-0.39, 0.29) is 0 Å². The molecule has 0 bridgehead atoms. The highest BCUT2D eigenvalue weighted by Crippen LogP contribution is 2.36. The summed E-state index contributed by atoms with van der Waals surface area (Å²) in [6.45, 7) is 2.32. The predicted molar refractivity (Wildman–Crippen MR) is 80.8 cm³/mol. The molecule has 2 heterocycles. The molecular weight excluding hydrogens is 282 g/mol.